The summed E-state index contributed by atoms with van der Waals surface area (Å²) in [5.41, 5.74) is -2.38. The monoisotopic (exact) mass is 586 g/mol. The highest BCUT2D eigenvalue weighted by Crippen LogP contribution is 2.45. The maximum absolute atomic E-state index is 13.8. The molecule has 5 rings (SSSR count). The predicted octanol–water partition coefficient (Wildman–Crippen LogP) is 7.06. The van der Waals surface area contributed by atoms with E-state index < -0.39 is 47.4 Å². The number of carbonyl (C=O) groups excluding carboxylic acids is 1. The molecule has 0 bridgehead atoms. The van der Waals surface area contributed by atoms with Gasteiger partial charge in [-0.15, -0.1) is 0 Å². The molecule has 1 amide bonds. The largest absolute Gasteiger partial charge is 0.416 e. The lowest BCUT2D eigenvalue weighted by Gasteiger charge is -2.38. The average Bonchev–Trinajstić information content (AvgIpc) is 3.46. The van der Waals surface area contributed by atoms with Gasteiger partial charge in [-0.25, -0.2) is 4.39 Å². The van der Waals surface area contributed by atoms with E-state index in [1.165, 1.54) is 19.1 Å². The third-order valence-corrected chi connectivity index (χ3v) is 8.69. The van der Waals surface area contributed by atoms with Crippen molar-refractivity contribution < 1.29 is 40.3 Å². The molecule has 6 atom stereocenters. The van der Waals surface area contributed by atoms with Crippen LogP contribution in [0.5, 0.6) is 0 Å². The number of benzene rings is 2. The van der Waals surface area contributed by atoms with Crippen molar-refractivity contribution in [2.75, 3.05) is 26.2 Å². The Kier molecular flexibility index (Phi) is 8.15. The van der Waals surface area contributed by atoms with E-state index in [2.05, 4.69) is 11.8 Å². The molecule has 0 saturated carbocycles. The van der Waals surface area contributed by atoms with Crippen molar-refractivity contribution in [2.24, 2.45) is 11.8 Å². The van der Waals surface area contributed by atoms with E-state index in [0.29, 0.717) is 36.5 Å². The number of fused-ring (bicyclic) bond motifs is 1. The van der Waals surface area contributed by atoms with Crippen molar-refractivity contribution in [3.63, 3.8) is 0 Å². The molecule has 3 aliphatic rings. The van der Waals surface area contributed by atoms with Gasteiger partial charge in [-0.05, 0) is 79.6 Å². The Morgan fingerprint density at radius 2 is 1.61 bits per heavy atom. The zero-order valence-corrected chi connectivity index (χ0v) is 22.8. The third kappa shape index (κ3) is 6.56. The van der Waals surface area contributed by atoms with Crippen LogP contribution in [0.4, 0.5) is 30.7 Å². The van der Waals surface area contributed by atoms with E-state index >= 15 is 0 Å². The molecular formula is C30H33F7N2O2. The number of piperidine rings is 1. The zero-order valence-electron chi connectivity index (χ0n) is 22.8. The first-order valence-electron chi connectivity index (χ1n) is 13.9. The highest BCUT2D eigenvalue weighted by molar-refractivity contribution is 5.78. The molecule has 41 heavy (non-hydrogen) atoms. The van der Waals surface area contributed by atoms with Gasteiger partial charge < -0.3 is 14.5 Å². The van der Waals surface area contributed by atoms with Crippen molar-refractivity contribution in [3.8, 4) is 0 Å². The lowest BCUT2D eigenvalue weighted by molar-refractivity contribution is -0.143. The van der Waals surface area contributed by atoms with Gasteiger partial charge in [-0.3, -0.25) is 4.79 Å². The Bertz CT molecular complexity index is 1210. The van der Waals surface area contributed by atoms with Crippen molar-refractivity contribution in [1.82, 2.24) is 9.80 Å². The first kappa shape index (κ1) is 29.8. The van der Waals surface area contributed by atoms with E-state index in [0.717, 1.165) is 26.1 Å². The Morgan fingerprint density at radius 1 is 0.976 bits per heavy atom. The van der Waals surface area contributed by atoms with E-state index in [1.807, 2.05) is 0 Å². The highest BCUT2D eigenvalue weighted by atomic mass is 19.4. The summed E-state index contributed by atoms with van der Waals surface area (Å²) in [7, 11) is 0. The zero-order chi connectivity index (χ0) is 29.7. The summed E-state index contributed by atoms with van der Waals surface area (Å²) in [4.78, 5) is 17.4. The number of ether oxygens (including phenoxy) is 1. The number of rotatable bonds is 6. The standard InChI is InChI=1S/C30H33F7N2O2/c1-17-7-8-38(14-17)15-19-9-25-28(20-3-5-24(31)6-4-20)26(16-39(25)27(40)10-19)41-18(2)21-11-22(29(32,33)34)13-23(12-21)30(35,36)37/h3-6,11-13,17-19,25-26,28H,7-10,14-16H2,1-2H3/t17?,18-,19?,25+,26+,28+/m1/s1. The summed E-state index contributed by atoms with van der Waals surface area (Å²) < 4.78 is 101. The van der Waals surface area contributed by atoms with Gasteiger partial charge in [0.05, 0.1) is 23.3 Å². The van der Waals surface area contributed by atoms with Crippen LogP contribution in [0.2, 0.25) is 0 Å². The smallest absolute Gasteiger partial charge is 0.368 e. The molecule has 2 aromatic rings. The molecule has 3 heterocycles. The maximum atomic E-state index is 13.8. The van der Waals surface area contributed by atoms with Crippen molar-refractivity contribution in [2.45, 2.75) is 69.6 Å². The normalized spacial score (nSPS) is 28.3. The fourth-order valence-electron chi connectivity index (χ4n) is 6.73. The second kappa shape index (κ2) is 11.2. The number of hydrogen-bond acceptors (Lipinski definition) is 3. The second-order valence-corrected chi connectivity index (χ2v) is 11.8. The Hall–Kier alpha value is -2.66. The van der Waals surface area contributed by atoms with Crippen LogP contribution in [0.25, 0.3) is 0 Å². The molecule has 0 N–H and O–H groups in total. The number of halogens is 7. The highest BCUT2D eigenvalue weighted by Gasteiger charge is 2.49. The fourth-order valence-corrected chi connectivity index (χ4v) is 6.73. The van der Waals surface area contributed by atoms with Crippen LogP contribution in [-0.4, -0.2) is 54.0 Å². The number of alkyl halides is 6. The van der Waals surface area contributed by atoms with E-state index in [9.17, 15) is 35.5 Å². The summed E-state index contributed by atoms with van der Waals surface area (Å²) in [6.07, 6.45) is -9.65. The summed E-state index contributed by atoms with van der Waals surface area (Å²) in [6, 6.07) is 6.97. The van der Waals surface area contributed by atoms with Crippen LogP contribution in [-0.2, 0) is 21.9 Å². The van der Waals surface area contributed by atoms with Crippen LogP contribution >= 0.6 is 0 Å². The topological polar surface area (TPSA) is 32.8 Å². The van der Waals surface area contributed by atoms with Gasteiger partial charge in [0.15, 0.2) is 0 Å². The Balaban J connectivity index is 1.43. The number of nitrogens with zero attached hydrogens (tertiary/aromatic N) is 2. The maximum Gasteiger partial charge on any atom is 0.416 e. The number of hydrogen-bond donors (Lipinski definition) is 0. The quantitative estimate of drug-likeness (QED) is 0.340. The molecule has 2 unspecified atom stereocenters. The van der Waals surface area contributed by atoms with E-state index in [-0.39, 0.29) is 36.0 Å². The minimum atomic E-state index is -4.98. The minimum Gasteiger partial charge on any atom is -0.368 e. The van der Waals surface area contributed by atoms with Crippen LogP contribution < -0.4 is 0 Å². The van der Waals surface area contributed by atoms with Gasteiger partial charge in [0.1, 0.15) is 5.82 Å². The van der Waals surface area contributed by atoms with Crippen LogP contribution in [0.3, 0.4) is 0 Å². The minimum absolute atomic E-state index is 0.0530. The summed E-state index contributed by atoms with van der Waals surface area (Å²) in [5.74, 6) is -0.222. The molecule has 0 aliphatic carbocycles. The van der Waals surface area contributed by atoms with Crippen molar-refractivity contribution in [1.29, 1.82) is 0 Å². The number of likely N-dealkylation sites (tertiary alicyclic amines) is 1. The van der Waals surface area contributed by atoms with Gasteiger partial charge in [0.25, 0.3) is 0 Å². The molecule has 0 aromatic heterocycles. The molecule has 4 nitrogen and oxygen atoms in total. The molecule has 3 fully saturated rings. The van der Waals surface area contributed by atoms with Crippen LogP contribution in [0.15, 0.2) is 42.5 Å². The van der Waals surface area contributed by atoms with E-state index in [4.69, 9.17) is 4.74 Å². The molecule has 2 aromatic carbocycles. The van der Waals surface area contributed by atoms with E-state index in [1.54, 1.807) is 17.0 Å². The average molecular weight is 587 g/mol. The molecule has 3 saturated heterocycles. The third-order valence-electron chi connectivity index (χ3n) is 8.69. The van der Waals surface area contributed by atoms with Crippen molar-refractivity contribution >= 4 is 5.91 Å². The SMILES string of the molecule is CC1CCN(CC2CC(=O)N3C[C@H](O[C@H](C)c4cc(C(F)(F)F)cc(C(F)(F)F)c4)[C@@H](c4ccc(F)cc4)[C@@H]3C2)C1. The molecule has 0 radical (unpaired) electrons. The lowest BCUT2D eigenvalue weighted by atomic mass is 9.81. The van der Waals surface area contributed by atoms with Gasteiger partial charge in [0, 0.05) is 38.0 Å². The molecule has 3 aliphatic heterocycles. The van der Waals surface area contributed by atoms with Gasteiger partial charge in [0.2, 0.25) is 5.91 Å². The Morgan fingerprint density at radius 3 is 2.17 bits per heavy atom. The molecule has 0 spiro atoms. The first-order chi connectivity index (χ1) is 19.2. The molecular weight excluding hydrogens is 553 g/mol. The van der Waals surface area contributed by atoms with Crippen molar-refractivity contribution in [3.05, 3.63) is 70.5 Å². The summed E-state index contributed by atoms with van der Waals surface area (Å²) >= 11 is 0. The van der Waals surface area contributed by atoms with Crippen LogP contribution in [0, 0.1) is 17.7 Å². The second-order valence-electron chi connectivity index (χ2n) is 11.8. The lowest BCUT2D eigenvalue weighted by Crippen LogP contribution is -2.46. The number of amides is 1. The van der Waals surface area contributed by atoms with Gasteiger partial charge in [-0.1, -0.05) is 19.1 Å². The van der Waals surface area contributed by atoms with Gasteiger partial charge >= 0.3 is 12.4 Å². The predicted molar refractivity (Wildman–Crippen MR) is 137 cm³/mol. The number of carbonyl (C=O) groups is 1. The fraction of sp³-hybridized carbons (Fsp3) is 0.567. The summed E-state index contributed by atoms with van der Waals surface area (Å²) in [6.45, 7) is 6.48. The van der Waals surface area contributed by atoms with Gasteiger partial charge in [-0.2, -0.15) is 26.3 Å². The first-order valence-corrected chi connectivity index (χ1v) is 13.9. The Labute approximate surface area is 234 Å². The summed E-state index contributed by atoms with van der Waals surface area (Å²) in [5, 5.41) is 0. The van der Waals surface area contributed by atoms with Crippen LogP contribution in [0.1, 0.15) is 67.4 Å². The molecule has 224 valence electrons. The molecule has 11 heteroatoms.